The van der Waals surface area contributed by atoms with Crippen molar-refractivity contribution in [2.45, 2.75) is 52.6 Å². The summed E-state index contributed by atoms with van der Waals surface area (Å²) in [6, 6.07) is 0. The fourth-order valence-corrected chi connectivity index (χ4v) is 2.97. The quantitative estimate of drug-likeness (QED) is 0.866. The molecule has 0 bridgehead atoms. The van der Waals surface area contributed by atoms with E-state index in [2.05, 4.69) is 26.1 Å². The van der Waals surface area contributed by atoms with Gasteiger partial charge in [0, 0.05) is 24.4 Å². The van der Waals surface area contributed by atoms with Crippen molar-refractivity contribution in [3.63, 3.8) is 0 Å². The van der Waals surface area contributed by atoms with Gasteiger partial charge < -0.3 is 10.1 Å². The van der Waals surface area contributed by atoms with Crippen LogP contribution in [0.15, 0.2) is 0 Å². The first-order valence-corrected chi connectivity index (χ1v) is 7.69. The van der Waals surface area contributed by atoms with Crippen molar-refractivity contribution in [1.82, 2.24) is 15.3 Å². The zero-order valence-corrected chi connectivity index (χ0v) is 13.2. The largest absolute Gasteiger partial charge is 0.378 e. The summed E-state index contributed by atoms with van der Waals surface area (Å²) in [6.07, 6.45) is 4.53. The Morgan fingerprint density at radius 2 is 2.00 bits per heavy atom. The summed E-state index contributed by atoms with van der Waals surface area (Å²) in [5.41, 5.74) is 3.57. The van der Waals surface area contributed by atoms with Crippen LogP contribution in [0.1, 0.15) is 42.5 Å². The van der Waals surface area contributed by atoms with E-state index in [-0.39, 0.29) is 0 Å². The van der Waals surface area contributed by atoms with E-state index in [1.54, 1.807) is 0 Å². The van der Waals surface area contributed by atoms with Crippen molar-refractivity contribution in [3.05, 3.63) is 22.8 Å². The maximum Gasteiger partial charge on any atom is 0.131 e. The van der Waals surface area contributed by atoms with Gasteiger partial charge in [0.25, 0.3) is 0 Å². The van der Waals surface area contributed by atoms with Crippen LogP contribution in [-0.4, -0.2) is 36.3 Å². The molecule has 0 aliphatic carbocycles. The third-order valence-corrected chi connectivity index (χ3v) is 4.01. The lowest BCUT2D eigenvalue weighted by molar-refractivity contribution is 0.110. The first-order valence-electron chi connectivity index (χ1n) is 7.69. The van der Waals surface area contributed by atoms with Crippen LogP contribution in [0.25, 0.3) is 0 Å². The highest BCUT2D eigenvalue weighted by atomic mass is 16.5. The second-order valence-corrected chi connectivity index (χ2v) is 6.00. The molecule has 0 radical (unpaired) electrons. The molecule has 1 saturated heterocycles. The van der Waals surface area contributed by atoms with Crippen LogP contribution in [-0.2, 0) is 17.6 Å². The normalized spacial score (nSPS) is 20.3. The summed E-state index contributed by atoms with van der Waals surface area (Å²) < 4.78 is 5.68. The second-order valence-electron chi connectivity index (χ2n) is 6.00. The first kappa shape index (κ1) is 15.4. The van der Waals surface area contributed by atoms with Crippen molar-refractivity contribution in [3.8, 4) is 0 Å². The Kier molecular flexibility index (Phi) is 5.49. The van der Waals surface area contributed by atoms with E-state index >= 15 is 0 Å². The Bertz CT molecular complexity index is 418. The fraction of sp³-hybridized carbons (Fsp3) is 0.750. The van der Waals surface area contributed by atoms with Crippen LogP contribution in [0.5, 0.6) is 0 Å². The van der Waals surface area contributed by atoms with Crippen molar-refractivity contribution < 1.29 is 4.74 Å². The predicted molar refractivity (Wildman–Crippen MR) is 81.0 cm³/mol. The predicted octanol–water partition coefficient (Wildman–Crippen LogP) is 2.21. The Labute approximate surface area is 122 Å². The van der Waals surface area contributed by atoms with Crippen LogP contribution < -0.4 is 5.32 Å². The molecule has 0 amide bonds. The third kappa shape index (κ3) is 4.00. The van der Waals surface area contributed by atoms with Crippen LogP contribution in [0, 0.1) is 19.8 Å². The molecule has 2 heterocycles. The van der Waals surface area contributed by atoms with E-state index in [4.69, 9.17) is 14.7 Å². The molecule has 1 fully saturated rings. The SMILES string of the molecule is CNCC(C)Cc1c(C)nc(CC2CCCO2)nc1C. The molecule has 4 heteroatoms. The Balaban J connectivity index is 2.07. The summed E-state index contributed by atoms with van der Waals surface area (Å²) in [5.74, 6) is 1.54. The summed E-state index contributed by atoms with van der Waals surface area (Å²) in [4.78, 5) is 9.40. The lowest BCUT2D eigenvalue weighted by Crippen LogP contribution is -2.20. The first-order chi connectivity index (χ1) is 9.60. The molecular weight excluding hydrogens is 250 g/mol. The maximum atomic E-state index is 5.68. The zero-order chi connectivity index (χ0) is 14.5. The van der Waals surface area contributed by atoms with Crippen molar-refractivity contribution in [2.24, 2.45) is 5.92 Å². The van der Waals surface area contributed by atoms with Crippen molar-refractivity contribution in [1.29, 1.82) is 0 Å². The molecule has 2 atom stereocenters. The van der Waals surface area contributed by atoms with Gasteiger partial charge in [-0.25, -0.2) is 9.97 Å². The number of aromatic nitrogens is 2. The van der Waals surface area contributed by atoms with Crippen LogP contribution >= 0.6 is 0 Å². The van der Waals surface area contributed by atoms with E-state index in [0.717, 1.165) is 49.6 Å². The molecule has 20 heavy (non-hydrogen) atoms. The minimum atomic E-state index is 0.322. The van der Waals surface area contributed by atoms with E-state index < -0.39 is 0 Å². The molecule has 2 rings (SSSR count). The lowest BCUT2D eigenvalue weighted by Gasteiger charge is -2.16. The number of hydrogen-bond donors (Lipinski definition) is 1. The molecule has 112 valence electrons. The minimum Gasteiger partial charge on any atom is -0.378 e. The van der Waals surface area contributed by atoms with Gasteiger partial charge in [-0.1, -0.05) is 6.92 Å². The summed E-state index contributed by atoms with van der Waals surface area (Å²) in [5, 5.41) is 3.23. The van der Waals surface area contributed by atoms with Gasteiger partial charge in [0.05, 0.1) is 6.10 Å². The number of nitrogens with one attached hydrogen (secondary N) is 1. The van der Waals surface area contributed by atoms with Gasteiger partial charge >= 0.3 is 0 Å². The van der Waals surface area contributed by atoms with Crippen LogP contribution in [0.2, 0.25) is 0 Å². The Hall–Kier alpha value is -1.00. The van der Waals surface area contributed by atoms with E-state index in [0.29, 0.717) is 12.0 Å². The van der Waals surface area contributed by atoms with Crippen LogP contribution in [0.3, 0.4) is 0 Å². The molecule has 1 aromatic heterocycles. The van der Waals surface area contributed by atoms with Gasteiger partial charge in [0.15, 0.2) is 0 Å². The second kappa shape index (κ2) is 7.14. The summed E-state index contributed by atoms with van der Waals surface area (Å²) in [6.45, 7) is 8.39. The number of aryl methyl sites for hydroxylation is 2. The Morgan fingerprint density at radius 1 is 1.30 bits per heavy atom. The number of ether oxygens (including phenoxy) is 1. The molecule has 1 N–H and O–H groups in total. The molecule has 0 aromatic carbocycles. The molecule has 0 spiro atoms. The average Bonchev–Trinajstić information content (AvgIpc) is 2.87. The number of nitrogens with zero attached hydrogens (tertiary/aromatic N) is 2. The summed E-state index contributed by atoms with van der Waals surface area (Å²) in [7, 11) is 2.00. The summed E-state index contributed by atoms with van der Waals surface area (Å²) >= 11 is 0. The molecule has 2 unspecified atom stereocenters. The number of hydrogen-bond acceptors (Lipinski definition) is 4. The van der Waals surface area contributed by atoms with Gasteiger partial charge in [0.2, 0.25) is 0 Å². The molecule has 1 aliphatic rings. The highest BCUT2D eigenvalue weighted by Gasteiger charge is 2.19. The van der Waals surface area contributed by atoms with E-state index in [9.17, 15) is 0 Å². The fourth-order valence-electron chi connectivity index (χ4n) is 2.97. The van der Waals surface area contributed by atoms with Crippen molar-refractivity contribution in [2.75, 3.05) is 20.2 Å². The minimum absolute atomic E-state index is 0.322. The highest BCUT2D eigenvalue weighted by molar-refractivity contribution is 5.25. The molecule has 4 nitrogen and oxygen atoms in total. The van der Waals surface area contributed by atoms with Gasteiger partial charge in [-0.15, -0.1) is 0 Å². The molecular formula is C16H27N3O. The van der Waals surface area contributed by atoms with E-state index in [1.807, 2.05) is 7.05 Å². The Morgan fingerprint density at radius 3 is 2.55 bits per heavy atom. The number of rotatable bonds is 6. The van der Waals surface area contributed by atoms with Crippen LogP contribution in [0.4, 0.5) is 0 Å². The molecule has 1 aliphatic heterocycles. The monoisotopic (exact) mass is 277 g/mol. The van der Waals surface area contributed by atoms with Gasteiger partial charge in [-0.05, 0) is 58.2 Å². The smallest absolute Gasteiger partial charge is 0.131 e. The van der Waals surface area contributed by atoms with Gasteiger partial charge in [-0.3, -0.25) is 0 Å². The van der Waals surface area contributed by atoms with Crippen molar-refractivity contribution >= 4 is 0 Å². The highest BCUT2D eigenvalue weighted by Crippen LogP contribution is 2.19. The lowest BCUT2D eigenvalue weighted by atomic mass is 9.98. The maximum absolute atomic E-state index is 5.68. The van der Waals surface area contributed by atoms with Gasteiger partial charge in [0.1, 0.15) is 5.82 Å². The molecule has 1 aromatic rings. The average molecular weight is 277 g/mol. The van der Waals surface area contributed by atoms with E-state index in [1.165, 1.54) is 12.0 Å². The zero-order valence-electron chi connectivity index (χ0n) is 13.2. The third-order valence-electron chi connectivity index (χ3n) is 4.01. The van der Waals surface area contributed by atoms with Gasteiger partial charge in [-0.2, -0.15) is 0 Å². The molecule has 0 saturated carbocycles. The standard InChI is InChI=1S/C16H27N3O/c1-11(10-17-4)8-15-12(2)18-16(19-13(15)3)9-14-6-5-7-20-14/h11,14,17H,5-10H2,1-4H3. The topological polar surface area (TPSA) is 47.0 Å².